The molecule has 6 heteroatoms. The molecule has 0 saturated heterocycles. The van der Waals surface area contributed by atoms with Gasteiger partial charge in [0.05, 0.1) is 6.07 Å². The van der Waals surface area contributed by atoms with E-state index in [0.717, 1.165) is 11.5 Å². The molecule has 1 rings (SSSR count). The summed E-state index contributed by atoms with van der Waals surface area (Å²) in [7, 11) is 0. The Morgan fingerprint density at radius 3 is 3.17 bits per heavy atom. The van der Waals surface area contributed by atoms with Crippen molar-refractivity contribution < 1.29 is 4.79 Å². The van der Waals surface area contributed by atoms with E-state index in [0.29, 0.717) is 0 Å². The molecule has 0 saturated carbocycles. The number of rotatable bonds is 2. The molecule has 0 fully saturated rings. The molecule has 0 aromatic carbocycles. The average Bonchev–Trinajstić information content (AvgIpc) is 2.56. The van der Waals surface area contributed by atoms with Crippen LogP contribution >= 0.6 is 11.5 Å². The normalized spacial score (nSPS) is 11.7. The fraction of sp³-hybridized carbons (Fsp3) is 0.333. The van der Waals surface area contributed by atoms with Gasteiger partial charge in [-0.2, -0.15) is 5.26 Å². The van der Waals surface area contributed by atoms with Gasteiger partial charge < -0.3 is 5.32 Å². The number of hydrogen-bond donors (Lipinski definition) is 1. The Kier molecular flexibility index (Phi) is 2.71. The fourth-order valence-electron chi connectivity index (χ4n) is 0.566. The summed E-state index contributed by atoms with van der Waals surface area (Å²) in [6.07, 6.45) is 0. The summed E-state index contributed by atoms with van der Waals surface area (Å²) in [5, 5.41) is 15.9. The van der Waals surface area contributed by atoms with Gasteiger partial charge in [0, 0.05) is 5.38 Å². The van der Waals surface area contributed by atoms with E-state index < -0.39 is 6.04 Å². The maximum Gasteiger partial charge on any atom is 0.273 e. The van der Waals surface area contributed by atoms with Crippen LogP contribution in [0.1, 0.15) is 17.4 Å². The molecule has 5 nitrogen and oxygen atoms in total. The van der Waals surface area contributed by atoms with Crippen LogP contribution in [0.25, 0.3) is 0 Å². The van der Waals surface area contributed by atoms with E-state index in [2.05, 4.69) is 14.9 Å². The topological polar surface area (TPSA) is 78.7 Å². The van der Waals surface area contributed by atoms with Crippen molar-refractivity contribution >= 4 is 17.4 Å². The largest absolute Gasteiger partial charge is 0.335 e. The zero-order valence-electron chi connectivity index (χ0n) is 6.31. The molecule has 0 aliphatic heterocycles. The lowest BCUT2D eigenvalue weighted by atomic mass is 10.3. The van der Waals surface area contributed by atoms with Crippen molar-refractivity contribution in [3.05, 3.63) is 11.1 Å². The highest BCUT2D eigenvalue weighted by Crippen LogP contribution is 1.96. The van der Waals surface area contributed by atoms with Crippen LogP contribution in [-0.4, -0.2) is 21.5 Å². The van der Waals surface area contributed by atoms with E-state index in [4.69, 9.17) is 5.26 Å². The van der Waals surface area contributed by atoms with E-state index in [1.54, 1.807) is 6.92 Å². The van der Waals surface area contributed by atoms with Gasteiger partial charge in [-0.15, -0.1) is 5.10 Å². The molecular formula is C6H6N4OS. The first kappa shape index (κ1) is 8.62. The van der Waals surface area contributed by atoms with Crippen molar-refractivity contribution in [3.63, 3.8) is 0 Å². The number of nitrogens with one attached hydrogen (secondary N) is 1. The minimum Gasteiger partial charge on any atom is -0.335 e. The molecule has 1 aromatic rings. The third kappa shape index (κ3) is 2.00. The summed E-state index contributed by atoms with van der Waals surface area (Å²) in [5.74, 6) is -0.363. The van der Waals surface area contributed by atoms with Crippen LogP contribution in [-0.2, 0) is 0 Å². The van der Waals surface area contributed by atoms with Crippen molar-refractivity contribution in [2.45, 2.75) is 13.0 Å². The summed E-state index contributed by atoms with van der Waals surface area (Å²) in [6.45, 7) is 1.59. The summed E-state index contributed by atoms with van der Waals surface area (Å²) in [6, 6.07) is 1.38. The second-order valence-corrected chi connectivity index (χ2v) is 2.72. The van der Waals surface area contributed by atoms with E-state index in [1.807, 2.05) is 6.07 Å². The Hall–Kier alpha value is -1.48. The van der Waals surface area contributed by atoms with Crippen LogP contribution in [0.4, 0.5) is 0 Å². The Balaban J connectivity index is 2.57. The monoisotopic (exact) mass is 182 g/mol. The van der Waals surface area contributed by atoms with Gasteiger partial charge in [0.2, 0.25) is 0 Å². The number of hydrogen-bond acceptors (Lipinski definition) is 5. The quantitative estimate of drug-likeness (QED) is 0.707. The minimum absolute atomic E-state index is 0.252. The smallest absolute Gasteiger partial charge is 0.273 e. The van der Waals surface area contributed by atoms with Crippen molar-refractivity contribution in [1.82, 2.24) is 14.9 Å². The third-order valence-corrected chi connectivity index (χ3v) is 1.64. The first-order valence-electron chi connectivity index (χ1n) is 3.21. The van der Waals surface area contributed by atoms with E-state index in [9.17, 15) is 4.79 Å². The summed E-state index contributed by atoms with van der Waals surface area (Å²) >= 11 is 1.10. The number of carbonyl (C=O) groups is 1. The van der Waals surface area contributed by atoms with Crippen LogP contribution in [0.15, 0.2) is 5.38 Å². The van der Waals surface area contributed by atoms with Crippen LogP contribution in [0, 0.1) is 11.3 Å². The van der Waals surface area contributed by atoms with E-state index >= 15 is 0 Å². The minimum atomic E-state index is -0.501. The molecule has 1 aromatic heterocycles. The lowest BCUT2D eigenvalue weighted by molar-refractivity contribution is 0.0943. The van der Waals surface area contributed by atoms with Crippen molar-refractivity contribution in [3.8, 4) is 6.07 Å². The molecule has 0 aliphatic carbocycles. The maximum absolute atomic E-state index is 11.1. The zero-order chi connectivity index (χ0) is 8.97. The molecule has 1 atom stereocenters. The number of aromatic nitrogens is 2. The molecule has 0 spiro atoms. The lowest BCUT2D eigenvalue weighted by Gasteiger charge is -2.01. The molecule has 1 N–H and O–H groups in total. The molecular weight excluding hydrogens is 176 g/mol. The van der Waals surface area contributed by atoms with E-state index in [1.165, 1.54) is 5.38 Å². The van der Waals surface area contributed by atoms with Crippen molar-refractivity contribution in [2.24, 2.45) is 0 Å². The first-order valence-corrected chi connectivity index (χ1v) is 4.05. The molecule has 0 unspecified atom stereocenters. The molecule has 0 bridgehead atoms. The van der Waals surface area contributed by atoms with E-state index in [-0.39, 0.29) is 11.6 Å². The molecule has 12 heavy (non-hydrogen) atoms. The molecule has 0 radical (unpaired) electrons. The number of carbonyl (C=O) groups excluding carboxylic acids is 1. The van der Waals surface area contributed by atoms with Gasteiger partial charge in [-0.05, 0) is 18.5 Å². The third-order valence-electron chi connectivity index (χ3n) is 1.13. The molecule has 1 heterocycles. The number of nitrogens with zero attached hydrogens (tertiary/aromatic N) is 3. The Morgan fingerprint density at radius 1 is 1.92 bits per heavy atom. The van der Waals surface area contributed by atoms with Gasteiger partial charge in [0.1, 0.15) is 6.04 Å². The van der Waals surface area contributed by atoms with Crippen LogP contribution < -0.4 is 5.32 Å². The van der Waals surface area contributed by atoms with Gasteiger partial charge >= 0.3 is 0 Å². The van der Waals surface area contributed by atoms with Gasteiger partial charge in [-0.1, -0.05) is 4.49 Å². The predicted molar refractivity (Wildman–Crippen MR) is 42.5 cm³/mol. The summed E-state index contributed by atoms with van der Waals surface area (Å²) < 4.78 is 3.52. The summed E-state index contributed by atoms with van der Waals surface area (Å²) in [5.41, 5.74) is 0.252. The average molecular weight is 182 g/mol. The Bertz CT molecular complexity index is 302. The van der Waals surface area contributed by atoms with Gasteiger partial charge in [0.15, 0.2) is 5.69 Å². The number of amides is 1. The highest BCUT2D eigenvalue weighted by Gasteiger charge is 2.10. The SMILES string of the molecule is C[C@@H](C#N)NC(=O)c1csnn1. The lowest BCUT2D eigenvalue weighted by Crippen LogP contribution is -2.31. The molecule has 0 aliphatic rings. The Morgan fingerprint density at radius 2 is 2.67 bits per heavy atom. The van der Waals surface area contributed by atoms with Gasteiger partial charge in [0.25, 0.3) is 5.91 Å². The highest BCUT2D eigenvalue weighted by atomic mass is 32.1. The molecule has 62 valence electrons. The van der Waals surface area contributed by atoms with Crippen LogP contribution in [0.5, 0.6) is 0 Å². The highest BCUT2D eigenvalue weighted by molar-refractivity contribution is 7.03. The second-order valence-electron chi connectivity index (χ2n) is 2.11. The van der Waals surface area contributed by atoms with Crippen molar-refractivity contribution in [1.29, 1.82) is 5.26 Å². The molecule has 1 amide bonds. The maximum atomic E-state index is 11.1. The van der Waals surface area contributed by atoms with Gasteiger partial charge in [-0.3, -0.25) is 4.79 Å². The first-order chi connectivity index (χ1) is 5.74. The fourth-order valence-corrected chi connectivity index (χ4v) is 1.00. The predicted octanol–water partition coefficient (Wildman–Crippen LogP) is 0.180. The Labute approximate surface area is 73.2 Å². The van der Waals surface area contributed by atoms with Crippen LogP contribution in [0.2, 0.25) is 0 Å². The zero-order valence-corrected chi connectivity index (χ0v) is 7.13. The van der Waals surface area contributed by atoms with Crippen molar-refractivity contribution in [2.75, 3.05) is 0 Å². The standard InChI is InChI=1S/C6H6N4OS/c1-4(2-7)8-6(11)5-3-12-10-9-5/h3-4H,1H3,(H,8,11)/t4-/m0/s1. The second kappa shape index (κ2) is 3.78. The van der Waals surface area contributed by atoms with Gasteiger partial charge in [-0.25, -0.2) is 0 Å². The summed E-state index contributed by atoms with van der Waals surface area (Å²) in [4.78, 5) is 11.1. The van der Waals surface area contributed by atoms with Crippen LogP contribution in [0.3, 0.4) is 0 Å². The number of nitriles is 1.